The third-order valence-electron chi connectivity index (χ3n) is 3.89. The van der Waals surface area contributed by atoms with Crippen molar-refractivity contribution in [1.29, 1.82) is 0 Å². The second kappa shape index (κ2) is 5.89. The van der Waals surface area contributed by atoms with E-state index in [2.05, 4.69) is 9.97 Å². The molecule has 0 N–H and O–H groups in total. The number of fused-ring (bicyclic) bond motifs is 1. The molecule has 6 heteroatoms. The maximum Gasteiger partial charge on any atom is 0.148 e. The van der Waals surface area contributed by atoms with Gasteiger partial charge in [-0.05, 0) is 36.8 Å². The minimum atomic E-state index is 0.500. The van der Waals surface area contributed by atoms with Crippen molar-refractivity contribution in [3.05, 3.63) is 71.0 Å². The van der Waals surface area contributed by atoms with Crippen LogP contribution < -0.4 is 0 Å². The molecule has 0 saturated heterocycles. The van der Waals surface area contributed by atoms with Crippen molar-refractivity contribution in [2.75, 3.05) is 0 Å². The number of aromatic nitrogens is 4. The Bertz CT molecular complexity index is 1040. The zero-order valence-electron chi connectivity index (χ0n) is 12.7. The van der Waals surface area contributed by atoms with Crippen LogP contribution in [0, 0.1) is 6.92 Å². The smallest absolute Gasteiger partial charge is 0.148 e. The van der Waals surface area contributed by atoms with Gasteiger partial charge in [-0.15, -0.1) is 0 Å². The van der Waals surface area contributed by atoms with Crippen LogP contribution in [0.15, 0.2) is 55.1 Å². The molecule has 0 radical (unpaired) electrons. The summed E-state index contributed by atoms with van der Waals surface area (Å²) in [6.07, 6.45) is 7.16. The van der Waals surface area contributed by atoms with Crippen LogP contribution in [0.2, 0.25) is 10.0 Å². The minimum absolute atomic E-state index is 0.500. The summed E-state index contributed by atoms with van der Waals surface area (Å²) in [5.41, 5.74) is 4.47. The van der Waals surface area contributed by atoms with Gasteiger partial charge in [-0.2, -0.15) is 0 Å². The summed E-state index contributed by atoms with van der Waals surface area (Å²) in [5, 5.41) is 1.02. The monoisotopic (exact) mass is 354 g/mol. The molecule has 0 amide bonds. The molecule has 0 unspecified atom stereocenters. The van der Waals surface area contributed by atoms with Gasteiger partial charge in [0.1, 0.15) is 11.5 Å². The molecule has 4 nitrogen and oxygen atoms in total. The third kappa shape index (κ3) is 2.44. The summed E-state index contributed by atoms with van der Waals surface area (Å²) in [5.74, 6) is 0.859. The first-order chi connectivity index (χ1) is 11.6. The molecule has 1 aromatic carbocycles. The van der Waals surface area contributed by atoms with E-state index >= 15 is 0 Å². The molecule has 0 bridgehead atoms. The quantitative estimate of drug-likeness (QED) is 0.504. The number of hydrogen-bond acceptors (Lipinski definition) is 3. The predicted octanol–water partition coefficient (Wildman–Crippen LogP) is 5.07. The third-order valence-corrected chi connectivity index (χ3v) is 4.62. The number of pyridine rings is 1. The Morgan fingerprint density at radius 3 is 2.46 bits per heavy atom. The molecule has 0 fully saturated rings. The molecular weight excluding hydrogens is 343 g/mol. The fraction of sp³-hybridized carbons (Fsp3) is 0.0556. The molecule has 0 saturated carbocycles. The van der Waals surface area contributed by atoms with Crippen molar-refractivity contribution in [2.24, 2.45) is 0 Å². The molecule has 4 aromatic rings. The van der Waals surface area contributed by atoms with Gasteiger partial charge in [0.25, 0.3) is 0 Å². The van der Waals surface area contributed by atoms with Crippen molar-refractivity contribution in [3.8, 4) is 22.4 Å². The number of hydrogen-bond donors (Lipinski definition) is 0. The normalized spacial score (nSPS) is 11.1. The topological polar surface area (TPSA) is 43.1 Å². The van der Waals surface area contributed by atoms with Gasteiger partial charge in [0.2, 0.25) is 0 Å². The molecule has 0 spiro atoms. The second-order valence-corrected chi connectivity index (χ2v) is 6.18. The number of imidazole rings is 1. The van der Waals surface area contributed by atoms with Gasteiger partial charge in [-0.3, -0.25) is 9.38 Å². The van der Waals surface area contributed by atoms with Crippen LogP contribution >= 0.6 is 23.2 Å². The fourth-order valence-corrected chi connectivity index (χ4v) is 3.06. The predicted molar refractivity (Wildman–Crippen MR) is 96.4 cm³/mol. The SMILES string of the molecule is Cc1nc(-c2ccncc2)c(-c2ccc(Cl)c(Cl)c2)c2nccn12. The van der Waals surface area contributed by atoms with Crippen LogP contribution in [-0.4, -0.2) is 19.4 Å². The first kappa shape index (κ1) is 15.1. The average molecular weight is 355 g/mol. The number of benzene rings is 1. The number of halogens is 2. The highest BCUT2D eigenvalue weighted by atomic mass is 35.5. The second-order valence-electron chi connectivity index (χ2n) is 5.37. The first-order valence-electron chi connectivity index (χ1n) is 7.34. The van der Waals surface area contributed by atoms with E-state index in [1.165, 1.54) is 0 Å². The van der Waals surface area contributed by atoms with Crippen LogP contribution in [0.1, 0.15) is 5.82 Å². The van der Waals surface area contributed by atoms with Gasteiger partial charge >= 0.3 is 0 Å². The van der Waals surface area contributed by atoms with Crippen LogP contribution in [0.3, 0.4) is 0 Å². The molecule has 3 heterocycles. The lowest BCUT2D eigenvalue weighted by Gasteiger charge is -2.13. The highest BCUT2D eigenvalue weighted by Crippen LogP contribution is 2.36. The molecular formula is C18H12Cl2N4. The lowest BCUT2D eigenvalue weighted by Crippen LogP contribution is -2.01. The average Bonchev–Trinajstić information content (AvgIpc) is 3.08. The lowest BCUT2D eigenvalue weighted by molar-refractivity contribution is 0.994. The molecule has 3 aromatic heterocycles. The van der Waals surface area contributed by atoms with Gasteiger partial charge in [-0.25, -0.2) is 9.97 Å². The Morgan fingerprint density at radius 2 is 1.71 bits per heavy atom. The molecule has 118 valence electrons. The maximum absolute atomic E-state index is 6.23. The summed E-state index contributed by atoms with van der Waals surface area (Å²) in [6.45, 7) is 1.96. The molecule has 0 aliphatic carbocycles. The maximum atomic E-state index is 6.23. The Kier molecular flexibility index (Phi) is 3.71. The Morgan fingerprint density at radius 1 is 0.917 bits per heavy atom. The van der Waals surface area contributed by atoms with Gasteiger partial charge in [0.05, 0.1) is 21.3 Å². The first-order valence-corrected chi connectivity index (χ1v) is 8.10. The highest BCUT2D eigenvalue weighted by Gasteiger charge is 2.17. The van der Waals surface area contributed by atoms with Crippen LogP contribution in [0.25, 0.3) is 28.0 Å². The van der Waals surface area contributed by atoms with Crippen LogP contribution in [0.5, 0.6) is 0 Å². The molecule has 24 heavy (non-hydrogen) atoms. The fourth-order valence-electron chi connectivity index (χ4n) is 2.76. The zero-order valence-corrected chi connectivity index (χ0v) is 14.3. The largest absolute Gasteiger partial charge is 0.288 e. The molecule has 0 aliphatic heterocycles. The van der Waals surface area contributed by atoms with Crippen molar-refractivity contribution in [2.45, 2.75) is 6.92 Å². The van der Waals surface area contributed by atoms with Gasteiger partial charge < -0.3 is 0 Å². The van der Waals surface area contributed by atoms with Crippen LogP contribution in [-0.2, 0) is 0 Å². The van der Waals surface area contributed by atoms with E-state index in [1.807, 2.05) is 41.8 Å². The van der Waals surface area contributed by atoms with E-state index in [9.17, 15) is 0 Å². The Balaban J connectivity index is 2.10. The summed E-state index contributed by atoms with van der Waals surface area (Å²) >= 11 is 12.3. The summed E-state index contributed by atoms with van der Waals surface area (Å²) in [6, 6.07) is 9.43. The van der Waals surface area contributed by atoms with E-state index in [-0.39, 0.29) is 0 Å². The highest BCUT2D eigenvalue weighted by molar-refractivity contribution is 6.42. The van der Waals surface area contributed by atoms with Crippen molar-refractivity contribution < 1.29 is 0 Å². The standard InChI is InChI=1S/C18H12Cl2N4/c1-11-23-17(12-4-6-21-7-5-12)16(18-22-8-9-24(11)18)13-2-3-14(19)15(20)10-13/h2-10H,1H3. The van der Waals surface area contributed by atoms with Gasteiger partial charge in [-0.1, -0.05) is 29.3 Å². The van der Waals surface area contributed by atoms with Crippen molar-refractivity contribution >= 4 is 28.8 Å². The zero-order chi connectivity index (χ0) is 16.7. The van der Waals surface area contributed by atoms with E-state index in [0.717, 1.165) is 33.9 Å². The number of aryl methyl sites for hydroxylation is 1. The Labute approximate surface area is 148 Å². The summed E-state index contributed by atoms with van der Waals surface area (Å²) in [4.78, 5) is 13.4. The minimum Gasteiger partial charge on any atom is -0.288 e. The van der Waals surface area contributed by atoms with Crippen molar-refractivity contribution in [1.82, 2.24) is 19.4 Å². The van der Waals surface area contributed by atoms with E-state index in [4.69, 9.17) is 28.2 Å². The summed E-state index contributed by atoms with van der Waals surface area (Å²) in [7, 11) is 0. The van der Waals surface area contributed by atoms with Gasteiger partial charge in [0.15, 0.2) is 0 Å². The van der Waals surface area contributed by atoms with E-state index < -0.39 is 0 Å². The van der Waals surface area contributed by atoms with Crippen molar-refractivity contribution in [3.63, 3.8) is 0 Å². The van der Waals surface area contributed by atoms with E-state index in [1.54, 1.807) is 24.7 Å². The number of rotatable bonds is 2. The van der Waals surface area contributed by atoms with Crippen LogP contribution in [0.4, 0.5) is 0 Å². The summed E-state index contributed by atoms with van der Waals surface area (Å²) < 4.78 is 1.96. The van der Waals surface area contributed by atoms with Gasteiger partial charge in [0, 0.05) is 30.4 Å². The number of nitrogens with zero attached hydrogens (tertiary/aromatic N) is 4. The van der Waals surface area contributed by atoms with E-state index in [0.29, 0.717) is 10.0 Å². The Hall–Kier alpha value is -2.43. The molecule has 0 aliphatic rings. The molecule has 0 atom stereocenters. The molecule has 4 rings (SSSR count). The lowest BCUT2D eigenvalue weighted by atomic mass is 10.0.